The lowest BCUT2D eigenvalue weighted by Crippen LogP contribution is -2.25. The molecule has 0 aromatic heterocycles. The van der Waals surface area contributed by atoms with E-state index in [0.717, 1.165) is 10.0 Å². The van der Waals surface area contributed by atoms with Gasteiger partial charge in [-0.25, -0.2) is 4.79 Å². The summed E-state index contributed by atoms with van der Waals surface area (Å²) >= 11 is 3.43. The standard InChI is InChI=1S/C13H17BrO4/c1-2-18-12(13(15)16)7-8-17-9-10-5-3-4-6-11(10)14/h3-6,12H,2,7-9H2,1H3,(H,15,16). The molecular weight excluding hydrogens is 300 g/mol. The summed E-state index contributed by atoms with van der Waals surface area (Å²) < 4.78 is 11.5. The van der Waals surface area contributed by atoms with Gasteiger partial charge in [0.2, 0.25) is 0 Å². The van der Waals surface area contributed by atoms with Crippen molar-refractivity contribution in [2.75, 3.05) is 13.2 Å². The first-order chi connectivity index (χ1) is 8.65. The van der Waals surface area contributed by atoms with Gasteiger partial charge in [-0.1, -0.05) is 34.1 Å². The summed E-state index contributed by atoms with van der Waals surface area (Å²) in [6.07, 6.45) is -0.428. The highest BCUT2D eigenvalue weighted by Gasteiger charge is 2.16. The van der Waals surface area contributed by atoms with Gasteiger partial charge in [0.05, 0.1) is 13.2 Å². The highest BCUT2D eigenvalue weighted by molar-refractivity contribution is 9.10. The molecule has 1 unspecified atom stereocenters. The van der Waals surface area contributed by atoms with E-state index < -0.39 is 12.1 Å². The minimum atomic E-state index is -0.943. The van der Waals surface area contributed by atoms with Crippen molar-refractivity contribution >= 4 is 21.9 Å². The third-order valence-electron chi connectivity index (χ3n) is 2.38. The predicted molar refractivity (Wildman–Crippen MR) is 71.5 cm³/mol. The molecule has 0 saturated heterocycles. The number of halogens is 1. The highest BCUT2D eigenvalue weighted by Crippen LogP contribution is 2.16. The van der Waals surface area contributed by atoms with Crippen molar-refractivity contribution in [3.05, 3.63) is 34.3 Å². The van der Waals surface area contributed by atoms with E-state index in [9.17, 15) is 4.79 Å². The third-order valence-corrected chi connectivity index (χ3v) is 3.16. The summed E-state index contributed by atoms with van der Waals surface area (Å²) in [6, 6.07) is 7.77. The van der Waals surface area contributed by atoms with Crippen LogP contribution in [0, 0.1) is 0 Å². The summed E-state index contributed by atoms with van der Waals surface area (Å²) in [6.45, 7) is 2.98. The van der Waals surface area contributed by atoms with Crippen molar-refractivity contribution in [3.63, 3.8) is 0 Å². The van der Waals surface area contributed by atoms with Crippen molar-refractivity contribution in [3.8, 4) is 0 Å². The Morgan fingerprint density at radius 2 is 2.17 bits per heavy atom. The van der Waals surface area contributed by atoms with Gasteiger partial charge in [-0.15, -0.1) is 0 Å². The van der Waals surface area contributed by atoms with Crippen molar-refractivity contribution in [1.29, 1.82) is 0 Å². The first-order valence-electron chi connectivity index (χ1n) is 5.80. The topological polar surface area (TPSA) is 55.8 Å². The van der Waals surface area contributed by atoms with E-state index >= 15 is 0 Å². The molecule has 0 aliphatic heterocycles. The number of carbonyl (C=O) groups is 1. The van der Waals surface area contributed by atoms with Gasteiger partial charge in [-0.05, 0) is 18.6 Å². The molecule has 0 amide bonds. The first kappa shape index (κ1) is 15.1. The molecular formula is C13H17BrO4. The summed E-state index contributed by atoms with van der Waals surface area (Å²) in [7, 11) is 0. The van der Waals surface area contributed by atoms with E-state index in [4.69, 9.17) is 14.6 Å². The molecule has 1 atom stereocenters. The fourth-order valence-corrected chi connectivity index (χ4v) is 1.87. The molecule has 0 aliphatic rings. The van der Waals surface area contributed by atoms with Gasteiger partial charge in [0, 0.05) is 17.5 Å². The van der Waals surface area contributed by atoms with Crippen LogP contribution in [-0.4, -0.2) is 30.4 Å². The van der Waals surface area contributed by atoms with Crippen LogP contribution in [0.25, 0.3) is 0 Å². The molecule has 5 heteroatoms. The van der Waals surface area contributed by atoms with Gasteiger partial charge in [-0.3, -0.25) is 0 Å². The molecule has 1 N–H and O–H groups in total. The number of benzene rings is 1. The normalized spacial score (nSPS) is 12.3. The lowest BCUT2D eigenvalue weighted by Gasteiger charge is -2.12. The second-order valence-corrected chi connectivity index (χ2v) is 4.57. The van der Waals surface area contributed by atoms with Crippen LogP contribution in [0.2, 0.25) is 0 Å². The number of carboxylic acid groups (broad SMARTS) is 1. The smallest absolute Gasteiger partial charge is 0.332 e. The number of hydrogen-bond acceptors (Lipinski definition) is 3. The van der Waals surface area contributed by atoms with Gasteiger partial charge in [0.15, 0.2) is 6.10 Å². The molecule has 100 valence electrons. The molecule has 1 aromatic carbocycles. The van der Waals surface area contributed by atoms with E-state index in [2.05, 4.69) is 15.9 Å². The van der Waals surface area contributed by atoms with Gasteiger partial charge in [0.1, 0.15) is 0 Å². The lowest BCUT2D eigenvalue weighted by atomic mass is 10.2. The van der Waals surface area contributed by atoms with Crippen LogP contribution in [0.3, 0.4) is 0 Å². The Kier molecular flexibility index (Phi) is 6.93. The fourth-order valence-electron chi connectivity index (χ4n) is 1.47. The van der Waals surface area contributed by atoms with Crippen LogP contribution in [0.1, 0.15) is 18.9 Å². The molecule has 4 nitrogen and oxygen atoms in total. The van der Waals surface area contributed by atoms with Crippen LogP contribution < -0.4 is 0 Å². The van der Waals surface area contributed by atoms with Crippen molar-refractivity contribution in [1.82, 2.24) is 0 Å². The van der Waals surface area contributed by atoms with Crippen molar-refractivity contribution in [2.24, 2.45) is 0 Å². The zero-order valence-corrected chi connectivity index (χ0v) is 11.9. The summed E-state index contributed by atoms with van der Waals surface area (Å²) in [5.41, 5.74) is 1.04. The summed E-state index contributed by atoms with van der Waals surface area (Å²) in [4.78, 5) is 10.8. The zero-order valence-electron chi connectivity index (χ0n) is 10.3. The Bertz CT molecular complexity index is 381. The number of rotatable bonds is 8. The van der Waals surface area contributed by atoms with E-state index in [1.165, 1.54) is 0 Å². The molecule has 1 aromatic rings. The third kappa shape index (κ3) is 5.16. The van der Waals surface area contributed by atoms with Gasteiger partial charge in [0.25, 0.3) is 0 Å². The fraction of sp³-hybridized carbons (Fsp3) is 0.462. The highest BCUT2D eigenvalue weighted by atomic mass is 79.9. The quantitative estimate of drug-likeness (QED) is 0.749. The molecule has 0 heterocycles. The summed E-state index contributed by atoms with van der Waals surface area (Å²) in [5.74, 6) is -0.943. The van der Waals surface area contributed by atoms with Crippen molar-refractivity contribution < 1.29 is 19.4 Å². The largest absolute Gasteiger partial charge is 0.479 e. The zero-order chi connectivity index (χ0) is 13.4. The Morgan fingerprint density at radius 1 is 1.44 bits per heavy atom. The number of hydrogen-bond donors (Lipinski definition) is 1. The Labute approximate surface area is 115 Å². The van der Waals surface area contributed by atoms with E-state index in [1.54, 1.807) is 6.92 Å². The van der Waals surface area contributed by atoms with Gasteiger partial charge in [-0.2, -0.15) is 0 Å². The minimum Gasteiger partial charge on any atom is -0.479 e. The average molecular weight is 317 g/mol. The first-order valence-corrected chi connectivity index (χ1v) is 6.60. The van der Waals surface area contributed by atoms with Gasteiger partial charge < -0.3 is 14.6 Å². The molecule has 0 radical (unpaired) electrons. The molecule has 18 heavy (non-hydrogen) atoms. The molecule has 0 spiro atoms. The maximum Gasteiger partial charge on any atom is 0.332 e. The predicted octanol–water partition coefficient (Wildman–Crippen LogP) is 2.85. The number of carboxylic acids is 1. The van der Waals surface area contributed by atoms with Crippen LogP contribution in [-0.2, 0) is 20.9 Å². The van der Waals surface area contributed by atoms with Crippen LogP contribution in [0.15, 0.2) is 28.7 Å². The second kappa shape index (κ2) is 8.24. The molecule has 1 rings (SSSR count). The van der Waals surface area contributed by atoms with Gasteiger partial charge >= 0.3 is 5.97 Å². The summed E-state index contributed by atoms with van der Waals surface area (Å²) in [5, 5.41) is 8.88. The number of ether oxygens (including phenoxy) is 2. The van der Waals surface area contributed by atoms with Crippen molar-refractivity contribution in [2.45, 2.75) is 26.1 Å². The minimum absolute atomic E-state index is 0.355. The maximum absolute atomic E-state index is 10.8. The Balaban J connectivity index is 2.30. The van der Waals surface area contributed by atoms with E-state index in [1.807, 2.05) is 24.3 Å². The monoisotopic (exact) mass is 316 g/mol. The van der Waals surface area contributed by atoms with Crippen LogP contribution >= 0.6 is 15.9 Å². The maximum atomic E-state index is 10.8. The van der Waals surface area contributed by atoms with Crippen LogP contribution in [0.5, 0.6) is 0 Å². The Morgan fingerprint density at radius 3 is 2.78 bits per heavy atom. The average Bonchev–Trinajstić information content (AvgIpc) is 2.35. The molecule has 0 fully saturated rings. The Hall–Kier alpha value is -0.910. The lowest BCUT2D eigenvalue weighted by molar-refractivity contribution is -0.151. The van der Waals surface area contributed by atoms with Crippen LogP contribution in [0.4, 0.5) is 0 Å². The SMILES string of the molecule is CCOC(CCOCc1ccccc1Br)C(=O)O. The van der Waals surface area contributed by atoms with E-state index in [-0.39, 0.29) is 0 Å². The second-order valence-electron chi connectivity index (χ2n) is 3.71. The van der Waals surface area contributed by atoms with E-state index in [0.29, 0.717) is 26.2 Å². The molecule has 0 saturated carbocycles. The molecule has 0 bridgehead atoms. The molecule has 0 aliphatic carbocycles. The number of aliphatic carboxylic acids is 1.